The van der Waals surface area contributed by atoms with Crippen molar-refractivity contribution < 1.29 is 23.4 Å². The minimum atomic E-state index is -1.46. The number of ether oxygens (including phenoxy) is 1. The van der Waals surface area contributed by atoms with E-state index in [0.717, 1.165) is 6.07 Å². The molecule has 0 aliphatic heterocycles. The normalized spacial score (nSPS) is 9.93. The lowest BCUT2D eigenvalue weighted by atomic mass is 10.2. The molecule has 14 heavy (non-hydrogen) atoms. The van der Waals surface area contributed by atoms with Gasteiger partial charge in [-0.3, -0.25) is 0 Å². The molecule has 3 nitrogen and oxygen atoms in total. The predicted molar refractivity (Wildman–Crippen MR) is 44.5 cm³/mol. The zero-order chi connectivity index (χ0) is 10.7. The van der Waals surface area contributed by atoms with E-state index in [-0.39, 0.29) is 12.4 Å². The van der Waals surface area contributed by atoms with Crippen LogP contribution in [0.3, 0.4) is 0 Å². The quantitative estimate of drug-likeness (QED) is 0.815. The first-order valence-electron chi connectivity index (χ1n) is 3.91. The number of carboxylic acid groups (broad SMARTS) is 1. The van der Waals surface area contributed by atoms with Crippen LogP contribution < -0.4 is 4.74 Å². The first-order chi connectivity index (χ1) is 6.56. The van der Waals surface area contributed by atoms with Gasteiger partial charge in [-0.05, 0) is 6.92 Å². The van der Waals surface area contributed by atoms with Gasteiger partial charge >= 0.3 is 5.97 Å². The van der Waals surface area contributed by atoms with E-state index in [1.54, 1.807) is 6.92 Å². The fourth-order valence-corrected chi connectivity index (χ4v) is 0.959. The smallest absolute Gasteiger partial charge is 0.338 e. The minimum Gasteiger partial charge on any atom is -0.491 e. The van der Waals surface area contributed by atoms with Crippen LogP contribution in [0.4, 0.5) is 8.78 Å². The summed E-state index contributed by atoms with van der Waals surface area (Å²) in [6.07, 6.45) is 0. The third-order valence-electron chi connectivity index (χ3n) is 1.55. The molecule has 0 amide bonds. The highest BCUT2D eigenvalue weighted by Gasteiger charge is 2.15. The van der Waals surface area contributed by atoms with E-state index < -0.39 is 23.2 Å². The molecule has 0 fully saturated rings. The van der Waals surface area contributed by atoms with E-state index >= 15 is 0 Å². The van der Waals surface area contributed by atoms with Gasteiger partial charge in [-0.2, -0.15) is 0 Å². The van der Waals surface area contributed by atoms with Crippen LogP contribution in [-0.2, 0) is 0 Å². The molecule has 0 aromatic heterocycles. The van der Waals surface area contributed by atoms with Crippen molar-refractivity contribution in [2.45, 2.75) is 6.92 Å². The number of benzene rings is 1. The van der Waals surface area contributed by atoms with E-state index in [0.29, 0.717) is 6.07 Å². The molecule has 1 aromatic carbocycles. The van der Waals surface area contributed by atoms with E-state index in [1.165, 1.54) is 0 Å². The van der Waals surface area contributed by atoms with Crippen molar-refractivity contribution in [3.8, 4) is 5.75 Å². The summed E-state index contributed by atoms with van der Waals surface area (Å²) in [6.45, 7) is 1.80. The number of carboxylic acids is 1. The Morgan fingerprint density at radius 3 is 2.57 bits per heavy atom. The second-order valence-corrected chi connectivity index (χ2v) is 2.50. The first kappa shape index (κ1) is 10.4. The molecule has 0 atom stereocenters. The molecule has 0 saturated heterocycles. The Bertz CT molecular complexity index is 363. The Hall–Kier alpha value is -1.65. The molecule has 0 saturated carbocycles. The van der Waals surface area contributed by atoms with Crippen LogP contribution in [0.5, 0.6) is 5.75 Å². The summed E-state index contributed by atoms with van der Waals surface area (Å²) in [6, 6.07) is 1.32. The number of rotatable bonds is 3. The highest BCUT2D eigenvalue weighted by Crippen LogP contribution is 2.21. The van der Waals surface area contributed by atoms with Crippen molar-refractivity contribution in [1.29, 1.82) is 0 Å². The Balaban J connectivity index is 3.20. The number of hydrogen-bond donors (Lipinski definition) is 1. The summed E-state index contributed by atoms with van der Waals surface area (Å²) >= 11 is 0. The van der Waals surface area contributed by atoms with Crippen LogP contribution in [0.1, 0.15) is 17.3 Å². The zero-order valence-corrected chi connectivity index (χ0v) is 7.38. The van der Waals surface area contributed by atoms with Gasteiger partial charge in [0.15, 0.2) is 11.6 Å². The van der Waals surface area contributed by atoms with Crippen LogP contribution >= 0.6 is 0 Å². The van der Waals surface area contributed by atoms with Gasteiger partial charge in [-0.15, -0.1) is 0 Å². The molecule has 0 bridgehead atoms. The van der Waals surface area contributed by atoms with Gasteiger partial charge < -0.3 is 9.84 Å². The fraction of sp³-hybridized carbons (Fsp3) is 0.222. The van der Waals surface area contributed by atoms with Gasteiger partial charge in [0.1, 0.15) is 5.82 Å². The average molecular weight is 202 g/mol. The molecule has 76 valence electrons. The van der Waals surface area contributed by atoms with E-state index in [9.17, 15) is 13.6 Å². The number of halogens is 2. The number of aromatic carboxylic acids is 1. The standard InChI is InChI=1S/C9H8F2O3/c1-2-14-8-3-5(9(12)13)6(10)4-7(8)11/h3-4H,2H2,1H3,(H,12,13). The molecule has 1 N–H and O–H groups in total. The molecular formula is C9H8F2O3. The van der Waals surface area contributed by atoms with E-state index in [1.807, 2.05) is 0 Å². The lowest BCUT2D eigenvalue weighted by molar-refractivity contribution is 0.0691. The molecule has 0 spiro atoms. The summed E-state index contributed by atoms with van der Waals surface area (Å²) in [5.41, 5.74) is -0.602. The largest absolute Gasteiger partial charge is 0.491 e. The summed E-state index contributed by atoms with van der Waals surface area (Å²) < 4.78 is 30.5. The molecule has 0 unspecified atom stereocenters. The van der Waals surface area contributed by atoms with Crippen molar-refractivity contribution in [1.82, 2.24) is 0 Å². The Labute approximate surface area is 78.9 Å². The third-order valence-corrected chi connectivity index (χ3v) is 1.55. The summed E-state index contributed by atoms with van der Waals surface area (Å²) in [4.78, 5) is 10.5. The maximum Gasteiger partial charge on any atom is 0.338 e. The molecule has 1 rings (SSSR count). The van der Waals surface area contributed by atoms with Gasteiger partial charge in [0.2, 0.25) is 0 Å². The van der Waals surface area contributed by atoms with Crippen molar-refractivity contribution in [2.24, 2.45) is 0 Å². The number of carbonyl (C=O) groups is 1. The molecule has 0 radical (unpaired) electrons. The lowest BCUT2D eigenvalue weighted by Gasteiger charge is -2.05. The van der Waals surface area contributed by atoms with E-state index in [2.05, 4.69) is 0 Å². The van der Waals surface area contributed by atoms with Crippen molar-refractivity contribution >= 4 is 5.97 Å². The molecule has 0 aliphatic carbocycles. The highest BCUT2D eigenvalue weighted by molar-refractivity contribution is 5.88. The summed E-state index contributed by atoms with van der Waals surface area (Å²) in [7, 11) is 0. The van der Waals surface area contributed by atoms with Gasteiger partial charge in [0.05, 0.1) is 12.2 Å². The molecule has 0 aliphatic rings. The van der Waals surface area contributed by atoms with Gasteiger partial charge in [0.25, 0.3) is 0 Å². The maximum absolute atomic E-state index is 12.9. The summed E-state index contributed by atoms with van der Waals surface area (Å²) in [5, 5.41) is 8.53. The van der Waals surface area contributed by atoms with Crippen molar-refractivity contribution in [3.05, 3.63) is 29.3 Å². The Morgan fingerprint density at radius 1 is 1.43 bits per heavy atom. The van der Waals surface area contributed by atoms with Gasteiger partial charge in [0, 0.05) is 12.1 Å². The maximum atomic E-state index is 12.9. The minimum absolute atomic E-state index is 0.182. The number of hydrogen-bond acceptors (Lipinski definition) is 2. The van der Waals surface area contributed by atoms with Crippen LogP contribution in [0, 0.1) is 11.6 Å². The van der Waals surface area contributed by atoms with Crippen LogP contribution in [0.15, 0.2) is 12.1 Å². The van der Waals surface area contributed by atoms with Crippen LogP contribution in [-0.4, -0.2) is 17.7 Å². The van der Waals surface area contributed by atoms with Crippen molar-refractivity contribution in [2.75, 3.05) is 6.61 Å². The predicted octanol–water partition coefficient (Wildman–Crippen LogP) is 2.06. The first-order valence-corrected chi connectivity index (χ1v) is 3.91. The molecule has 0 heterocycles. The average Bonchev–Trinajstić information content (AvgIpc) is 2.09. The van der Waals surface area contributed by atoms with Gasteiger partial charge in [-0.25, -0.2) is 13.6 Å². The molecular weight excluding hydrogens is 194 g/mol. The fourth-order valence-electron chi connectivity index (χ4n) is 0.959. The SMILES string of the molecule is CCOc1cc(C(=O)O)c(F)cc1F. The topological polar surface area (TPSA) is 46.5 Å². The molecule has 5 heteroatoms. The molecule has 1 aromatic rings. The zero-order valence-electron chi connectivity index (χ0n) is 7.38. The second kappa shape index (κ2) is 4.04. The monoisotopic (exact) mass is 202 g/mol. The summed E-state index contributed by atoms with van der Waals surface area (Å²) in [5.74, 6) is -3.73. The van der Waals surface area contributed by atoms with Crippen LogP contribution in [0.2, 0.25) is 0 Å². The lowest BCUT2D eigenvalue weighted by Crippen LogP contribution is -2.04. The van der Waals surface area contributed by atoms with Crippen LogP contribution in [0.25, 0.3) is 0 Å². The Morgan fingerprint density at radius 2 is 2.07 bits per heavy atom. The van der Waals surface area contributed by atoms with E-state index in [4.69, 9.17) is 9.84 Å². The second-order valence-electron chi connectivity index (χ2n) is 2.50. The third kappa shape index (κ3) is 1.99. The highest BCUT2D eigenvalue weighted by atomic mass is 19.1. The Kier molecular flexibility index (Phi) is 3.01. The van der Waals surface area contributed by atoms with Crippen molar-refractivity contribution in [3.63, 3.8) is 0 Å². The van der Waals surface area contributed by atoms with Gasteiger partial charge in [-0.1, -0.05) is 0 Å².